The van der Waals surface area contributed by atoms with Crippen LogP contribution in [0.2, 0.25) is 0 Å². The summed E-state index contributed by atoms with van der Waals surface area (Å²) in [6, 6.07) is 13.6. The van der Waals surface area contributed by atoms with E-state index in [4.69, 9.17) is 4.74 Å². The Morgan fingerprint density at radius 2 is 1.86 bits per heavy atom. The Morgan fingerprint density at radius 3 is 2.41 bits per heavy atom. The van der Waals surface area contributed by atoms with E-state index in [-0.39, 0.29) is 10.6 Å². The summed E-state index contributed by atoms with van der Waals surface area (Å²) in [6.07, 6.45) is 0. The molecule has 0 radical (unpaired) electrons. The Bertz CT molecular complexity index is 717. The number of esters is 1. The number of hydrogen-bond acceptors (Lipinski definition) is 3. The molecule has 0 fully saturated rings. The van der Waals surface area contributed by atoms with Crippen molar-refractivity contribution in [3.8, 4) is 0 Å². The molecular weight excluding hydrogens is 350 g/mol. The van der Waals surface area contributed by atoms with Gasteiger partial charge in [0.25, 0.3) is 4.92 Å². The molecule has 114 valence electrons. The maximum Gasteiger partial charge on any atom is 0.321 e. The lowest BCUT2D eigenvalue weighted by Crippen LogP contribution is -2.35. The average molecular weight is 365 g/mol. The minimum Gasteiger partial charge on any atom is -0.468 e. The van der Waals surface area contributed by atoms with E-state index in [9.17, 15) is 14.9 Å². The van der Waals surface area contributed by atoms with Crippen molar-refractivity contribution in [1.82, 2.24) is 0 Å². The molecule has 0 saturated heterocycles. The molecule has 0 aromatic heterocycles. The number of ether oxygens (including phenoxy) is 1. The Hall–Kier alpha value is -2.21. The topological polar surface area (TPSA) is 66.6 Å². The molecule has 0 aliphatic carbocycles. The number of rotatable bonds is 4. The molecule has 0 heterocycles. The molecule has 2 aromatic carbocycles. The predicted molar refractivity (Wildman–Crippen MR) is 84.1 cm³/mol. The van der Waals surface area contributed by atoms with E-state index in [1.165, 1.54) is 13.2 Å². The van der Waals surface area contributed by atoms with E-state index >= 15 is 0 Å². The van der Waals surface area contributed by atoms with Gasteiger partial charge in [-0.2, -0.15) is 0 Å². The highest BCUT2D eigenvalue weighted by Gasteiger charge is 2.44. The summed E-state index contributed by atoms with van der Waals surface area (Å²) in [5.74, 6) is -0.528. The van der Waals surface area contributed by atoms with Gasteiger partial charge in [0.1, 0.15) is 5.41 Å². The third kappa shape index (κ3) is 2.74. The van der Waals surface area contributed by atoms with Crippen LogP contribution in [0.1, 0.15) is 18.1 Å². The highest BCUT2D eigenvalue weighted by Crippen LogP contribution is 2.39. The average Bonchev–Trinajstić information content (AvgIpc) is 2.53. The van der Waals surface area contributed by atoms with Crippen molar-refractivity contribution < 1.29 is 19.7 Å². The maximum atomic E-state index is 12.5. The summed E-state index contributed by atoms with van der Waals surface area (Å²) in [4.78, 5) is 23.7. The number of carbonyl (C=O) groups is 1. The van der Waals surface area contributed by atoms with Gasteiger partial charge in [0, 0.05) is 10.5 Å². The summed E-state index contributed by atoms with van der Waals surface area (Å²) in [5.41, 5.74) is -0.249. The van der Waals surface area contributed by atoms with Crippen molar-refractivity contribution in [1.29, 1.82) is 0 Å². The number of methoxy groups -OCH3 is 1. The molecule has 0 aliphatic rings. The molecule has 0 amide bonds. The summed E-state index contributed by atoms with van der Waals surface area (Å²) in [7, 11) is 1.29. The smallest absolute Gasteiger partial charge is 0.321 e. The largest absolute Gasteiger partial charge is 0.468 e. The number of halogens is 1. The molecular formula is C16H15BrNO4+. The van der Waals surface area contributed by atoms with E-state index in [1.807, 2.05) is 6.07 Å². The van der Waals surface area contributed by atoms with Gasteiger partial charge in [-0.05, 0) is 24.6 Å². The third-order valence-electron chi connectivity index (χ3n) is 3.65. The summed E-state index contributed by atoms with van der Waals surface area (Å²) in [5, 5.41) is 9.37. The lowest BCUT2D eigenvalue weighted by atomic mass is 9.75. The van der Waals surface area contributed by atoms with Crippen LogP contribution in [0.5, 0.6) is 0 Å². The fourth-order valence-electron chi connectivity index (χ4n) is 2.43. The van der Waals surface area contributed by atoms with Crippen molar-refractivity contribution >= 4 is 27.6 Å². The van der Waals surface area contributed by atoms with Crippen LogP contribution in [-0.4, -0.2) is 23.2 Å². The number of carbonyl (C=O) groups excluding carboxylic acids is 1. The van der Waals surface area contributed by atoms with Gasteiger partial charge in [0.05, 0.1) is 17.6 Å². The van der Waals surface area contributed by atoms with Crippen molar-refractivity contribution in [2.45, 2.75) is 12.3 Å². The summed E-state index contributed by atoms with van der Waals surface area (Å²) < 4.78 is 5.62. The van der Waals surface area contributed by atoms with Crippen molar-refractivity contribution in [2.75, 3.05) is 7.11 Å². The molecule has 0 spiro atoms. The van der Waals surface area contributed by atoms with E-state index in [0.29, 0.717) is 15.6 Å². The molecule has 2 aromatic rings. The van der Waals surface area contributed by atoms with Crippen molar-refractivity contribution in [2.24, 2.45) is 0 Å². The second kappa shape index (κ2) is 6.27. The fraction of sp³-hybridized carbons (Fsp3) is 0.188. The number of hydrogen-bond donors (Lipinski definition) is 1. The van der Waals surface area contributed by atoms with Crippen LogP contribution in [0, 0.1) is 4.91 Å². The maximum absolute atomic E-state index is 12.5. The van der Waals surface area contributed by atoms with Crippen LogP contribution < -0.4 is 0 Å². The molecule has 5 nitrogen and oxygen atoms in total. The van der Waals surface area contributed by atoms with Crippen LogP contribution in [-0.2, 0) is 14.9 Å². The fourth-order valence-corrected chi connectivity index (χ4v) is 2.80. The standard InChI is InChI=1S/C16H15BrNO4/c1-16(15(19)22-2,11-6-4-3-5-7-11)13-10-12(17)8-9-14(13)18(20)21/h3-10H,1-2H3,(H,20,21)/q+1. The Kier molecular flexibility index (Phi) is 4.61. The van der Waals surface area contributed by atoms with Crippen LogP contribution in [0.4, 0.5) is 5.69 Å². The highest BCUT2D eigenvalue weighted by atomic mass is 79.9. The first-order valence-corrected chi connectivity index (χ1v) is 7.30. The summed E-state index contributed by atoms with van der Waals surface area (Å²) >= 11 is 3.33. The Labute approximate surface area is 136 Å². The second-order valence-corrected chi connectivity index (χ2v) is 5.83. The normalized spacial score (nSPS) is 13.2. The quantitative estimate of drug-likeness (QED) is 0.662. The lowest BCUT2D eigenvalue weighted by Gasteiger charge is -2.27. The highest BCUT2D eigenvalue weighted by molar-refractivity contribution is 9.10. The van der Waals surface area contributed by atoms with Gasteiger partial charge in [-0.15, -0.1) is 0 Å². The van der Waals surface area contributed by atoms with Gasteiger partial charge in [0.2, 0.25) is 0 Å². The molecule has 1 atom stereocenters. The SMILES string of the molecule is COC(=O)C(C)(c1ccccc1)c1cc(Br)ccc1[N+](=O)O. The van der Waals surface area contributed by atoms with Crippen LogP contribution in [0.25, 0.3) is 0 Å². The Balaban J connectivity index is 2.79. The molecule has 1 N–H and O–H groups in total. The van der Waals surface area contributed by atoms with E-state index < -0.39 is 11.4 Å². The molecule has 0 bridgehead atoms. The van der Waals surface area contributed by atoms with Crippen molar-refractivity contribution in [3.63, 3.8) is 0 Å². The van der Waals surface area contributed by atoms with Crippen molar-refractivity contribution in [3.05, 3.63) is 69.0 Å². The lowest BCUT2D eigenvalue weighted by molar-refractivity contribution is -0.730. The zero-order valence-electron chi connectivity index (χ0n) is 12.1. The first-order valence-electron chi connectivity index (χ1n) is 6.51. The number of benzene rings is 2. The van der Waals surface area contributed by atoms with Gasteiger partial charge in [-0.1, -0.05) is 46.3 Å². The Morgan fingerprint density at radius 1 is 1.23 bits per heavy atom. The van der Waals surface area contributed by atoms with E-state index in [0.717, 1.165) is 0 Å². The molecule has 1 unspecified atom stereocenters. The van der Waals surface area contributed by atoms with Crippen LogP contribution >= 0.6 is 15.9 Å². The third-order valence-corrected chi connectivity index (χ3v) is 4.14. The molecule has 0 saturated carbocycles. The molecule has 2 rings (SSSR count). The second-order valence-electron chi connectivity index (χ2n) is 4.92. The first-order chi connectivity index (χ1) is 10.4. The predicted octanol–water partition coefficient (Wildman–Crippen LogP) is 3.73. The van der Waals surface area contributed by atoms with Gasteiger partial charge in [-0.25, -0.2) is 5.21 Å². The molecule has 0 aliphatic heterocycles. The van der Waals surface area contributed by atoms with Gasteiger partial charge >= 0.3 is 11.7 Å². The molecule has 6 heteroatoms. The number of nitrogens with zero attached hydrogens (tertiary/aromatic N) is 1. The monoisotopic (exact) mass is 364 g/mol. The summed E-state index contributed by atoms with van der Waals surface area (Å²) in [6.45, 7) is 1.66. The first kappa shape index (κ1) is 16.2. The van der Waals surface area contributed by atoms with Gasteiger partial charge in [0.15, 0.2) is 0 Å². The zero-order chi connectivity index (χ0) is 16.3. The van der Waals surface area contributed by atoms with Crippen LogP contribution in [0.3, 0.4) is 0 Å². The minimum atomic E-state index is -1.24. The van der Waals surface area contributed by atoms with Crippen LogP contribution in [0.15, 0.2) is 53.0 Å². The van der Waals surface area contributed by atoms with E-state index in [2.05, 4.69) is 15.9 Å². The minimum absolute atomic E-state index is 0.0139. The zero-order valence-corrected chi connectivity index (χ0v) is 13.7. The van der Waals surface area contributed by atoms with Gasteiger partial charge in [-0.3, -0.25) is 4.79 Å². The van der Waals surface area contributed by atoms with E-state index in [1.54, 1.807) is 43.3 Å². The van der Waals surface area contributed by atoms with Gasteiger partial charge < -0.3 is 4.74 Å². The molecule has 22 heavy (non-hydrogen) atoms.